The minimum Gasteiger partial charge on any atom is -0.343 e. The van der Waals surface area contributed by atoms with Crippen LogP contribution in [0.15, 0.2) is 0 Å². The van der Waals surface area contributed by atoms with E-state index < -0.39 is 0 Å². The molecule has 0 saturated carbocycles. The van der Waals surface area contributed by atoms with E-state index in [-0.39, 0.29) is 5.91 Å². The third-order valence-electron chi connectivity index (χ3n) is 3.14. The summed E-state index contributed by atoms with van der Waals surface area (Å²) in [6.07, 6.45) is 1.92. The van der Waals surface area contributed by atoms with Crippen molar-refractivity contribution in [2.75, 3.05) is 20.6 Å². The Hall–Kier alpha value is -1.36. The third-order valence-corrected chi connectivity index (χ3v) is 3.14. The molecule has 1 aromatic heterocycles. The lowest BCUT2D eigenvalue weighted by Gasteiger charge is -2.09. The number of nitrogens with one attached hydrogen (secondary N) is 1. The van der Waals surface area contributed by atoms with E-state index in [1.165, 1.54) is 5.69 Å². The Morgan fingerprint density at radius 1 is 1.53 bits per heavy atom. The molecular weight excluding hydrogens is 216 g/mol. The predicted octanol–water partition coefficient (Wildman–Crippen LogP) is 0.641. The van der Waals surface area contributed by atoms with Crippen LogP contribution in [0.5, 0.6) is 0 Å². The van der Waals surface area contributed by atoms with Gasteiger partial charge in [0.2, 0.25) is 0 Å². The Kier molecular flexibility index (Phi) is 3.47. The van der Waals surface area contributed by atoms with Gasteiger partial charge in [0.25, 0.3) is 5.91 Å². The second-order valence-corrected chi connectivity index (χ2v) is 4.58. The highest BCUT2D eigenvalue weighted by molar-refractivity contribution is 5.93. The van der Waals surface area contributed by atoms with Crippen LogP contribution in [0.4, 0.5) is 0 Å². The van der Waals surface area contributed by atoms with E-state index in [2.05, 4.69) is 17.3 Å². The van der Waals surface area contributed by atoms with Crippen LogP contribution in [0.1, 0.15) is 35.1 Å². The molecule has 0 radical (unpaired) electrons. The SMILES string of the molecule is CCc1c(C(=O)N(C)C)nn2c1CNCCC2. The first-order valence-electron chi connectivity index (χ1n) is 6.16. The van der Waals surface area contributed by atoms with Crippen molar-refractivity contribution in [2.45, 2.75) is 32.9 Å². The fourth-order valence-electron chi connectivity index (χ4n) is 2.23. The number of hydrogen-bond donors (Lipinski definition) is 1. The molecule has 0 aromatic carbocycles. The van der Waals surface area contributed by atoms with Crippen molar-refractivity contribution < 1.29 is 4.79 Å². The van der Waals surface area contributed by atoms with E-state index >= 15 is 0 Å². The summed E-state index contributed by atoms with van der Waals surface area (Å²) in [7, 11) is 3.54. The Balaban J connectivity index is 2.44. The maximum absolute atomic E-state index is 12.1. The predicted molar refractivity (Wildman–Crippen MR) is 65.9 cm³/mol. The van der Waals surface area contributed by atoms with Crippen LogP contribution in [0.25, 0.3) is 0 Å². The van der Waals surface area contributed by atoms with E-state index in [1.54, 1.807) is 19.0 Å². The first-order valence-corrected chi connectivity index (χ1v) is 6.16. The molecular formula is C12H20N4O. The molecule has 1 aliphatic rings. The quantitative estimate of drug-likeness (QED) is 0.820. The fourth-order valence-corrected chi connectivity index (χ4v) is 2.23. The van der Waals surface area contributed by atoms with Gasteiger partial charge >= 0.3 is 0 Å². The number of carbonyl (C=O) groups is 1. The number of amides is 1. The Morgan fingerprint density at radius 2 is 2.29 bits per heavy atom. The summed E-state index contributed by atoms with van der Waals surface area (Å²) >= 11 is 0. The van der Waals surface area contributed by atoms with Gasteiger partial charge in [-0.25, -0.2) is 0 Å². The van der Waals surface area contributed by atoms with Gasteiger partial charge in [0.15, 0.2) is 5.69 Å². The normalized spacial score (nSPS) is 15.2. The molecule has 5 heteroatoms. The number of hydrogen-bond acceptors (Lipinski definition) is 3. The molecule has 1 amide bonds. The van der Waals surface area contributed by atoms with Crippen molar-refractivity contribution in [1.82, 2.24) is 20.0 Å². The van der Waals surface area contributed by atoms with Crippen LogP contribution < -0.4 is 5.32 Å². The number of nitrogens with zero attached hydrogens (tertiary/aromatic N) is 3. The van der Waals surface area contributed by atoms with Crippen LogP contribution >= 0.6 is 0 Å². The topological polar surface area (TPSA) is 50.2 Å². The molecule has 1 aromatic rings. The third kappa shape index (κ3) is 2.20. The molecule has 0 saturated heterocycles. The summed E-state index contributed by atoms with van der Waals surface area (Å²) in [4.78, 5) is 13.6. The van der Waals surface area contributed by atoms with Crippen molar-refractivity contribution in [2.24, 2.45) is 0 Å². The molecule has 0 unspecified atom stereocenters. The lowest BCUT2D eigenvalue weighted by Crippen LogP contribution is -2.23. The molecule has 17 heavy (non-hydrogen) atoms. The van der Waals surface area contributed by atoms with Crippen LogP contribution in [0, 0.1) is 0 Å². The standard InChI is InChI=1S/C12H20N4O/c1-4-9-10-8-13-6-5-7-16(10)14-11(9)12(17)15(2)3/h13H,4-8H2,1-3H3. The second-order valence-electron chi connectivity index (χ2n) is 4.58. The first-order chi connectivity index (χ1) is 8.15. The zero-order valence-electron chi connectivity index (χ0n) is 10.8. The van der Waals surface area contributed by atoms with Crippen LogP contribution in [-0.4, -0.2) is 41.2 Å². The molecule has 2 rings (SSSR count). The maximum Gasteiger partial charge on any atom is 0.274 e. The summed E-state index contributed by atoms with van der Waals surface area (Å²) < 4.78 is 2.00. The summed E-state index contributed by atoms with van der Waals surface area (Å²) in [5.41, 5.74) is 2.89. The fraction of sp³-hybridized carbons (Fsp3) is 0.667. The maximum atomic E-state index is 12.1. The van der Waals surface area contributed by atoms with E-state index in [4.69, 9.17) is 0 Å². The van der Waals surface area contributed by atoms with Gasteiger partial charge in [0.1, 0.15) is 0 Å². The van der Waals surface area contributed by atoms with Gasteiger partial charge in [-0.05, 0) is 19.4 Å². The smallest absolute Gasteiger partial charge is 0.274 e. The zero-order chi connectivity index (χ0) is 12.4. The Morgan fingerprint density at radius 3 is 2.94 bits per heavy atom. The zero-order valence-corrected chi connectivity index (χ0v) is 10.8. The number of aryl methyl sites for hydroxylation is 1. The van der Waals surface area contributed by atoms with Crippen molar-refractivity contribution >= 4 is 5.91 Å². The molecule has 1 aliphatic heterocycles. The molecule has 2 heterocycles. The molecule has 0 fully saturated rings. The van der Waals surface area contributed by atoms with E-state index in [0.717, 1.165) is 38.0 Å². The Bertz CT molecular complexity index is 422. The lowest BCUT2D eigenvalue weighted by atomic mass is 10.1. The van der Waals surface area contributed by atoms with E-state index in [9.17, 15) is 4.79 Å². The molecule has 1 N–H and O–H groups in total. The average molecular weight is 236 g/mol. The van der Waals surface area contributed by atoms with Crippen LogP contribution in [0.2, 0.25) is 0 Å². The van der Waals surface area contributed by atoms with Gasteiger partial charge in [-0.3, -0.25) is 9.48 Å². The minimum absolute atomic E-state index is 0.00224. The monoisotopic (exact) mass is 236 g/mol. The van der Waals surface area contributed by atoms with Gasteiger partial charge < -0.3 is 10.2 Å². The lowest BCUT2D eigenvalue weighted by molar-refractivity contribution is 0.0820. The molecule has 0 aliphatic carbocycles. The Labute approximate surface area is 102 Å². The van der Waals surface area contributed by atoms with E-state index in [1.807, 2.05) is 4.68 Å². The largest absolute Gasteiger partial charge is 0.343 e. The van der Waals surface area contributed by atoms with Crippen molar-refractivity contribution in [1.29, 1.82) is 0 Å². The number of rotatable bonds is 2. The second kappa shape index (κ2) is 4.87. The highest BCUT2D eigenvalue weighted by atomic mass is 16.2. The minimum atomic E-state index is 0.00224. The summed E-state index contributed by atoms with van der Waals surface area (Å²) in [5, 5.41) is 7.86. The number of carbonyl (C=O) groups excluding carboxylic acids is 1. The van der Waals surface area contributed by atoms with Gasteiger partial charge in [0.05, 0.1) is 5.69 Å². The van der Waals surface area contributed by atoms with Crippen molar-refractivity contribution in [3.8, 4) is 0 Å². The molecule has 0 bridgehead atoms. The summed E-state index contributed by atoms with van der Waals surface area (Å²) in [6.45, 7) is 4.81. The van der Waals surface area contributed by atoms with Gasteiger partial charge in [0, 0.05) is 32.7 Å². The van der Waals surface area contributed by atoms with Crippen molar-refractivity contribution in [3.63, 3.8) is 0 Å². The molecule has 5 nitrogen and oxygen atoms in total. The highest BCUT2D eigenvalue weighted by Gasteiger charge is 2.23. The van der Waals surface area contributed by atoms with Crippen LogP contribution in [0.3, 0.4) is 0 Å². The van der Waals surface area contributed by atoms with Crippen molar-refractivity contribution in [3.05, 3.63) is 17.0 Å². The number of aromatic nitrogens is 2. The summed E-state index contributed by atoms with van der Waals surface area (Å²) in [6, 6.07) is 0. The van der Waals surface area contributed by atoms with E-state index in [0.29, 0.717) is 5.69 Å². The number of fused-ring (bicyclic) bond motifs is 1. The van der Waals surface area contributed by atoms with Gasteiger partial charge in [-0.2, -0.15) is 5.10 Å². The average Bonchev–Trinajstić information content (AvgIpc) is 2.49. The van der Waals surface area contributed by atoms with Crippen LogP contribution in [-0.2, 0) is 19.5 Å². The molecule has 0 atom stereocenters. The summed E-state index contributed by atoms with van der Waals surface area (Å²) in [5.74, 6) is 0.00224. The van der Waals surface area contributed by atoms with Gasteiger partial charge in [-0.15, -0.1) is 0 Å². The highest BCUT2D eigenvalue weighted by Crippen LogP contribution is 2.18. The molecule has 0 spiro atoms. The first kappa shape index (κ1) is 12.1. The van der Waals surface area contributed by atoms with Gasteiger partial charge in [-0.1, -0.05) is 6.92 Å². The molecule has 94 valence electrons.